The molecule has 4 aliphatic heterocycles. The van der Waals surface area contributed by atoms with E-state index in [1.165, 1.54) is 54.5 Å². The van der Waals surface area contributed by atoms with E-state index >= 15 is 0 Å². The fourth-order valence-corrected chi connectivity index (χ4v) is 6.72. The molecule has 4 heterocycles. The first kappa shape index (κ1) is 19.9. The molecule has 4 saturated heterocycles. The van der Waals surface area contributed by atoms with Gasteiger partial charge in [-0.25, -0.2) is 0 Å². The first-order valence-corrected chi connectivity index (χ1v) is 12.3. The highest BCUT2D eigenvalue weighted by Crippen LogP contribution is 2.49. The summed E-state index contributed by atoms with van der Waals surface area (Å²) in [6, 6.07) is 35.0. The zero-order chi connectivity index (χ0) is 21.3. The van der Waals surface area contributed by atoms with Gasteiger partial charge in [-0.2, -0.15) is 0 Å². The van der Waals surface area contributed by atoms with E-state index in [0.717, 1.165) is 18.6 Å². The Kier molecular flexibility index (Phi) is 5.40. The van der Waals surface area contributed by atoms with E-state index in [1.54, 1.807) is 0 Å². The summed E-state index contributed by atoms with van der Waals surface area (Å²) in [4.78, 5) is 8.31. The van der Waals surface area contributed by atoms with E-state index in [2.05, 4.69) is 95.9 Å². The number of fused-ring (bicyclic) bond motifs is 1. The van der Waals surface area contributed by atoms with E-state index in [4.69, 9.17) is 4.99 Å². The van der Waals surface area contributed by atoms with Crippen molar-refractivity contribution in [3.8, 4) is 0 Å². The molecule has 7 rings (SSSR count). The lowest BCUT2D eigenvalue weighted by Gasteiger charge is -2.60. The molecule has 0 amide bonds. The molecule has 0 N–H and O–H groups in total. The average molecular weight is 421 g/mol. The predicted molar refractivity (Wildman–Crippen MR) is 132 cm³/mol. The second-order valence-electron chi connectivity index (χ2n) is 9.82. The van der Waals surface area contributed by atoms with Crippen LogP contribution in [0.2, 0.25) is 0 Å². The van der Waals surface area contributed by atoms with Gasteiger partial charge in [0.1, 0.15) is 0 Å². The maximum atomic E-state index is 5.39. The topological polar surface area (TPSA) is 15.6 Å². The van der Waals surface area contributed by atoms with Gasteiger partial charge in [0.15, 0.2) is 0 Å². The monoisotopic (exact) mass is 420 g/mol. The quantitative estimate of drug-likeness (QED) is 0.461. The Hall–Kier alpha value is -2.71. The second-order valence-corrected chi connectivity index (χ2v) is 9.82. The third-order valence-electron chi connectivity index (χ3n) is 7.99. The van der Waals surface area contributed by atoms with Gasteiger partial charge >= 0.3 is 0 Å². The van der Waals surface area contributed by atoms with E-state index in [-0.39, 0.29) is 0 Å². The molecular formula is C30H32N2. The number of aliphatic imine (C=N–C) groups is 1. The molecule has 162 valence electrons. The van der Waals surface area contributed by atoms with Crippen LogP contribution in [-0.2, 0) is 6.54 Å². The molecule has 0 spiro atoms. The summed E-state index contributed by atoms with van der Waals surface area (Å²) in [5, 5.41) is 0. The van der Waals surface area contributed by atoms with E-state index in [0.29, 0.717) is 17.9 Å². The van der Waals surface area contributed by atoms with Crippen molar-refractivity contribution in [2.75, 3.05) is 0 Å². The molecule has 2 nitrogen and oxygen atoms in total. The minimum Gasteiger partial charge on any atom is -0.288 e. The van der Waals surface area contributed by atoms with Crippen molar-refractivity contribution in [2.45, 2.75) is 62.7 Å². The molecule has 4 bridgehead atoms. The second kappa shape index (κ2) is 8.67. The van der Waals surface area contributed by atoms with Gasteiger partial charge in [-0.1, -0.05) is 97.4 Å². The number of hydrogen-bond acceptors (Lipinski definition) is 2. The predicted octanol–water partition coefficient (Wildman–Crippen LogP) is 6.48. The normalized spacial score (nSPS) is 30.0. The molecule has 4 fully saturated rings. The summed E-state index contributed by atoms with van der Waals surface area (Å²) in [6.45, 7) is 0.794. The average Bonchev–Trinajstić information content (AvgIpc) is 2.85. The molecule has 0 aliphatic carbocycles. The molecule has 4 aliphatic rings. The maximum absolute atomic E-state index is 5.39. The summed E-state index contributed by atoms with van der Waals surface area (Å²) in [7, 11) is 0. The summed E-state index contributed by atoms with van der Waals surface area (Å²) < 4.78 is 0. The Morgan fingerprint density at radius 2 is 1.25 bits per heavy atom. The highest BCUT2D eigenvalue weighted by atomic mass is 15.3. The molecule has 0 aromatic heterocycles. The van der Waals surface area contributed by atoms with Crippen molar-refractivity contribution in [3.63, 3.8) is 0 Å². The van der Waals surface area contributed by atoms with Crippen LogP contribution in [0.4, 0.5) is 0 Å². The van der Waals surface area contributed by atoms with Gasteiger partial charge in [-0.3, -0.25) is 9.89 Å². The Balaban J connectivity index is 1.47. The van der Waals surface area contributed by atoms with Crippen LogP contribution >= 0.6 is 0 Å². The third kappa shape index (κ3) is 3.61. The SMILES string of the molecule is c1ccc(CN=C2C3C[C@H]4CCC[C@@H](C3)N4C2C(c2ccccc2)c2ccccc2)cc1. The molecule has 3 aromatic rings. The summed E-state index contributed by atoms with van der Waals surface area (Å²) >= 11 is 0. The first-order chi connectivity index (χ1) is 15.9. The van der Waals surface area contributed by atoms with E-state index in [1.807, 2.05) is 0 Å². The first-order valence-electron chi connectivity index (χ1n) is 12.3. The fourth-order valence-electron chi connectivity index (χ4n) is 6.72. The Morgan fingerprint density at radius 3 is 1.81 bits per heavy atom. The van der Waals surface area contributed by atoms with Crippen molar-refractivity contribution in [1.82, 2.24) is 4.90 Å². The lowest BCUT2D eigenvalue weighted by atomic mass is 9.65. The summed E-state index contributed by atoms with van der Waals surface area (Å²) in [5.74, 6) is 0.970. The number of benzene rings is 3. The van der Waals surface area contributed by atoms with Crippen LogP contribution < -0.4 is 0 Å². The maximum Gasteiger partial charge on any atom is 0.0639 e. The lowest BCUT2D eigenvalue weighted by Crippen LogP contribution is -2.67. The van der Waals surface area contributed by atoms with Gasteiger partial charge in [0, 0.05) is 29.6 Å². The van der Waals surface area contributed by atoms with Gasteiger partial charge in [0.25, 0.3) is 0 Å². The zero-order valence-corrected chi connectivity index (χ0v) is 18.7. The van der Waals surface area contributed by atoms with Crippen LogP contribution in [0, 0.1) is 5.92 Å². The highest BCUT2D eigenvalue weighted by Gasteiger charge is 2.53. The Bertz CT molecular complexity index is 1010. The minimum atomic E-state index is 0.332. The molecular weight excluding hydrogens is 388 g/mol. The highest BCUT2D eigenvalue weighted by molar-refractivity contribution is 5.95. The fraction of sp³-hybridized carbons (Fsp3) is 0.367. The van der Waals surface area contributed by atoms with Crippen LogP contribution in [0.1, 0.15) is 54.7 Å². The van der Waals surface area contributed by atoms with Gasteiger partial charge in [0.2, 0.25) is 0 Å². The smallest absolute Gasteiger partial charge is 0.0639 e. The van der Waals surface area contributed by atoms with Crippen molar-refractivity contribution in [2.24, 2.45) is 10.9 Å². The van der Waals surface area contributed by atoms with Crippen LogP contribution in [0.15, 0.2) is 96.0 Å². The Morgan fingerprint density at radius 1 is 0.719 bits per heavy atom. The van der Waals surface area contributed by atoms with E-state index in [9.17, 15) is 0 Å². The van der Waals surface area contributed by atoms with Crippen molar-refractivity contribution in [1.29, 1.82) is 0 Å². The van der Waals surface area contributed by atoms with Crippen LogP contribution in [0.5, 0.6) is 0 Å². The molecule has 2 heteroatoms. The third-order valence-corrected chi connectivity index (χ3v) is 7.99. The van der Waals surface area contributed by atoms with Gasteiger partial charge in [-0.05, 0) is 42.4 Å². The van der Waals surface area contributed by atoms with Crippen molar-refractivity contribution >= 4 is 5.71 Å². The molecule has 3 aromatic carbocycles. The van der Waals surface area contributed by atoms with Crippen LogP contribution in [-0.4, -0.2) is 28.7 Å². The van der Waals surface area contributed by atoms with Crippen molar-refractivity contribution < 1.29 is 0 Å². The minimum absolute atomic E-state index is 0.332. The Labute approximate surface area is 192 Å². The number of hydrogen-bond donors (Lipinski definition) is 0. The number of rotatable bonds is 5. The molecule has 0 saturated carbocycles. The molecule has 0 radical (unpaired) electrons. The molecule has 32 heavy (non-hydrogen) atoms. The zero-order valence-electron chi connectivity index (χ0n) is 18.7. The van der Waals surface area contributed by atoms with Crippen molar-refractivity contribution in [3.05, 3.63) is 108 Å². The molecule has 5 atom stereocenters. The number of piperidine rings is 4. The standard InChI is InChI=1S/C30H32N2/c1-4-11-22(12-5-1)21-31-29-25-19-26-17-10-18-27(20-25)32(26)30(29)28(23-13-6-2-7-14-23)24-15-8-3-9-16-24/h1-9,11-16,25-28,30H,10,17-21H2/t25?,26-,27+,30?. The lowest BCUT2D eigenvalue weighted by molar-refractivity contribution is -0.0185. The molecule has 3 unspecified atom stereocenters. The number of nitrogens with zero attached hydrogens (tertiary/aromatic N) is 2. The largest absolute Gasteiger partial charge is 0.288 e. The summed E-state index contributed by atoms with van der Waals surface area (Å²) in [5.41, 5.74) is 5.61. The van der Waals surface area contributed by atoms with Crippen LogP contribution in [0.25, 0.3) is 0 Å². The van der Waals surface area contributed by atoms with Gasteiger partial charge in [-0.15, -0.1) is 0 Å². The van der Waals surface area contributed by atoms with Gasteiger partial charge in [0.05, 0.1) is 12.6 Å². The summed E-state index contributed by atoms with van der Waals surface area (Å²) in [6.07, 6.45) is 6.70. The van der Waals surface area contributed by atoms with Gasteiger partial charge < -0.3 is 0 Å². The van der Waals surface area contributed by atoms with E-state index < -0.39 is 0 Å². The van der Waals surface area contributed by atoms with Crippen LogP contribution in [0.3, 0.4) is 0 Å².